The molecular weight excluding hydrogens is 340 g/mol. The van der Waals surface area contributed by atoms with Crippen LogP contribution in [0, 0.1) is 0 Å². The maximum Gasteiger partial charge on any atom is 0.254 e. The number of likely N-dealkylation sites (tertiary alicyclic amines) is 1. The standard InChI is InChI=1S/C16H18N6O2S/c1-24-9-11-3-2-5-21(11)16(23)10-7-12(17)22-13(8-10)19-14(20-22)15-18-4-6-25-15/h4,6-8,11H,2-3,5,9,17H2,1H3/t11-/m1/s1. The fraction of sp³-hybridized carbons (Fsp3) is 0.375. The summed E-state index contributed by atoms with van der Waals surface area (Å²) in [4.78, 5) is 23.4. The highest BCUT2D eigenvalue weighted by Gasteiger charge is 2.30. The van der Waals surface area contributed by atoms with Crippen molar-refractivity contribution in [1.29, 1.82) is 0 Å². The molecule has 1 fully saturated rings. The van der Waals surface area contributed by atoms with Crippen LogP contribution in [-0.2, 0) is 4.74 Å². The zero-order valence-corrected chi connectivity index (χ0v) is 14.6. The Hall–Kier alpha value is -2.52. The summed E-state index contributed by atoms with van der Waals surface area (Å²) in [7, 11) is 1.65. The first kappa shape index (κ1) is 16.0. The lowest BCUT2D eigenvalue weighted by Gasteiger charge is -2.24. The van der Waals surface area contributed by atoms with E-state index in [1.807, 2.05) is 10.3 Å². The summed E-state index contributed by atoms with van der Waals surface area (Å²) in [5, 5.41) is 6.96. The molecule has 0 spiro atoms. The second kappa shape index (κ2) is 6.41. The zero-order chi connectivity index (χ0) is 17.4. The van der Waals surface area contributed by atoms with Crippen molar-refractivity contribution in [2.45, 2.75) is 18.9 Å². The maximum absolute atomic E-state index is 12.9. The quantitative estimate of drug-likeness (QED) is 0.762. The first-order valence-corrected chi connectivity index (χ1v) is 8.91. The highest BCUT2D eigenvalue weighted by Crippen LogP contribution is 2.24. The van der Waals surface area contributed by atoms with Crippen molar-refractivity contribution in [3.63, 3.8) is 0 Å². The van der Waals surface area contributed by atoms with Crippen LogP contribution in [-0.4, -0.2) is 56.7 Å². The molecule has 9 heteroatoms. The van der Waals surface area contributed by atoms with Gasteiger partial charge in [0, 0.05) is 30.8 Å². The van der Waals surface area contributed by atoms with E-state index in [1.54, 1.807) is 25.4 Å². The summed E-state index contributed by atoms with van der Waals surface area (Å²) in [5.41, 5.74) is 7.16. The van der Waals surface area contributed by atoms with Crippen LogP contribution in [0.15, 0.2) is 23.7 Å². The molecule has 3 aromatic rings. The number of nitrogens with zero attached hydrogens (tertiary/aromatic N) is 5. The van der Waals surface area contributed by atoms with Crippen molar-refractivity contribution >= 4 is 28.7 Å². The number of pyridine rings is 1. The van der Waals surface area contributed by atoms with E-state index in [0.717, 1.165) is 24.4 Å². The zero-order valence-electron chi connectivity index (χ0n) is 13.8. The molecule has 4 heterocycles. The smallest absolute Gasteiger partial charge is 0.254 e. The van der Waals surface area contributed by atoms with Crippen molar-refractivity contribution in [3.05, 3.63) is 29.3 Å². The van der Waals surface area contributed by atoms with Gasteiger partial charge >= 0.3 is 0 Å². The number of thiazole rings is 1. The van der Waals surface area contributed by atoms with E-state index in [0.29, 0.717) is 29.5 Å². The highest BCUT2D eigenvalue weighted by atomic mass is 32.1. The molecule has 0 saturated carbocycles. The van der Waals surface area contributed by atoms with Crippen LogP contribution in [0.4, 0.5) is 5.82 Å². The number of hydrogen-bond acceptors (Lipinski definition) is 7. The molecule has 2 N–H and O–H groups in total. The van der Waals surface area contributed by atoms with E-state index in [4.69, 9.17) is 10.5 Å². The average Bonchev–Trinajstić information content (AvgIpc) is 3.34. The Bertz CT molecular complexity index is 907. The lowest BCUT2D eigenvalue weighted by molar-refractivity contribution is 0.0630. The predicted octanol–water partition coefficient (Wildman–Crippen LogP) is 1.69. The van der Waals surface area contributed by atoms with Gasteiger partial charge < -0.3 is 15.4 Å². The lowest BCUT2D eigenvalue weighted by atomic mass is 10.2. The van der Waals surface area contributed by atoms with E-state index < -0.39 is 0 Å². The van der Waals surface area contributed by atoms with Crippen LogP contribution in [0.25, 0.3) is 16.5 Å². The van der Waals surface area contributed by atoms with Gasteiger partial charge in [0.2, 0.25) is 5.82 Å². The minimum Gasteiger partial charge on any atom is -0.384 e. The molecule has 0 aliphatic carbocycles. The molecule has 0 unspecified atom stereocenters. The molecule has 1 aliphatic rings. The molecule has 1 saturated heterocycles. The van der Waals surface area contributed by atoms with Crippen LogP contribution in [0.3, 0.4) is 0 Å². The number of fused-ring (bicyclic) bond motifs is 1. The molecule has 0 radical (unpaired) electrons. The van der Waals surface area contributed by atoms with Crippen molar-refractivity contribution < 1.29 is 9.53 Å². The summed E-state index contributed by atoms with van der Waals surface area (Å²) in [6.07, 6.45) is 3.64. The van der Waals surface area contributed by atoms with Gasteiger partial charge in [-0.25, -0.2) is 9.97 Å². The molecule has 3 aromatic heterocycles. The normalized spacial score (nSPS) is 17.5. The molecule has 0 bridgehead atoms. The number of nitrogen functional groups attached to an aromatic ring is 1. The second-order valence-corrected chi connectivity index (χ2v) is 6.86. The summed E-state index contributed by atoms with van der Waals surface area (Å²) < 4.78 is 6.76. The third-order valence-electron chi connectivity index (χ3n) is 4.33. The molecule has 8 nitrogen and oxygen atoms in total. The number of rotatable bonds is 4. The number of amides is 1. The Kier molecular flexibility index (Phi) is 4.10. The number of ether oxygens (including phenoxy) is 1. The average molecular weight is 358 g/mol. The van der Waals surface area contributed by atoms with E-state index in [9.17, 15) is 4.79 Å². The number of hydrogen-bond donors (Lipinski definition) is 1. The lowest BCUT2D eigenvalue weighted by Crippen LogP contribution is -2.38. The number of carbonyl (C=O) groups excluding carboxylic acids is 1. The molecule has 1 amide bonds. The van der Waals surface area contributed by atoms with Crippen LogP contribution in [0.2, 0.25) is 0 Å². The minimum atomic E-state index is -0.0486. The summed E-state index contributed by atoms with van der Waals surface area (Å²) >= 11 is 1.45. The Balaban J connectivity index is 1.69. The summed E-state index contributed by atoms with van der Waals surface area (Å²) in [5.74, 6) is 0.830. The Labute approximate surface area is 148 Å². The van der Waals surface area contributed by atoms with Crippen molar-refractivity contribution in [2.24, 2.45) is 0 Å². The third-order valence-corrected chi connectivity index (χ3v) is 5.10. The molecule has 4 rings (SSSR count). The molecular formula is C16H18N6O2S. The van der Waals surface area contributed by atoms with E-state index >= 15 is 0 Å². The van der Waals surface area contributed by atoms with Crippen molar-refractivity contribution in [3.8, 4) is 10.8 Å². The predicted molar refractivity (Wildman–Crippen MR) is 94.4 cm³/mol. The minimum absolute atomic E-state index is 0.0486. The SMILES string of the molecule is COC[C@H]1CCCN1C(=O)c1cc(N)n2nc(-c3nccs3)nc2c1. The third kappa shape index (κ3) is 2.85. The van der Waals surface area contributed by atoms with Crippen molar-refractivity contribution in [2.75, 3.05) is 26.0 Å². The summed E-state index contributed by atoms with van der Waals surface area (Å²) in [6.45, 7) is 1.28. The molecule has 1 aliphatic heterocycles. The first-order valence-electron chi connectivity index (χ1n) is 8.03. The largest absolute Gasteiger partial charge is 0.384 e. The van der Waals surface area contributed by atoms with Gasteiger partial charge in [-0.2, -0.15) is 4.52 Å². The number of aromatic nitrogens is 4. The van der Waals surface area contributed by atoms with Gasteiger partial charge in [-0.15, -0.1) is 16.4 Å². The molecule has 1 atom stereocenters. The van der Waals surface area contributed by atoms with Crippen LogP contribution < -0.4 is 5.73 Å². The maximum atomic E-state index is 12.9. The van der Waals surface area contributed by atoms with Crippen LogP contribution in [0.5, 0.6) is 0 Å². The fourth-order valence-electron chi connectivity index (χ4n) is 3.19. The van der Waals surface area contributed by atoms with Gasteiger partial charge in [0.15, 0.2) is 10.7 Å². The number of methoxy groups -OCH3 is 1. The monoisotopic (exact) mass is 358 g/mol. The number of carbonyl (C=O) groups is 1. The number of nitrogens with two attached hydrogens (primary N) is 1. The van der Waals surface area contributed by atoms with Gasteiger partial charge in [-0.05, 0) is 25.0 Å². The van der Waals surface area contributed by atoms with E-state index in [2.05, 4.69) is 15.1 Å². The topological polar surface area (TPSA) is 98.6 Å². The van der Waals surface area contributed by atoms with Gasteiger partial charge in [0.1, 0.15) is 5.82 Å². The Morgan fingerprint density at radius 3 is 3.12 bits per heavy atom. The fourth-order valence-corrected chi connectivity index (χ4v) is 3.76. The second-order valence-electron chi connectivity index (χ2n) is 5.96. The van der Waals surface area contributed by atoms with E-state index in [1.165, 1.54) is 15.9 Å². The molecule has 25 heavy (non-hydrogen) atoms. The molecule has 130 valence electrons. The van der Waals surface area contributed by atoms with Crippen LogP contribution >= 0.6 is 11.3 Å². The Morgan fingerprint density at radius 2 is 2.36 bits per heavy atom. The van der Waals surface area contributed by atoms with Gasteiger partial charge in [0.25, 0.3) is 5.91 Å². The van der Waals surface area contributed by atoms with Gasteiger partial charge in [-0.1, -0.05) is 0 Å². The van der Waals surface area contributed by atoms with E-state index in [-0.39, 0.29) is 11.9 Å². The molecule has 0 aromatic carbocycles. The van der Waals surface area contributed by atoms with Crippen LogP contribution in [0.1, 0.15) is 23.2 Å². The Morgan fingerprint density at radius 1 is 1.48 bits per heavy atom. The van der Waals surface area contributed by atoms with Gasteiger partial charge in [-0.3, -0.25) is 4.79 Å². The highest BCUT2D eigenvalue weighted by molar-refractivity contribution is 7.13. The first-order chi connectivity index (χ1) is 12.2. The van der Waals surface area contributed by atoms with Crippen molar-refractivity contribution in [1.82, 2.24) is 24.5 Å². The summed E-state index contributed by atoms with van der Waals surface area (Å²) in [6, 6.07) is 3.49. The van der Waals surface area contributed by atoms with Gasteiger partial charge in [0.05, 0.1) is 12.6 Å². The number of anilines is 1.